The van der Waals surface area contributed by atoms with Crippen molar-refractivity contribution in [3.63, 3.8) is 0 Å². The first kappa shape index (κ1) is 37.0. The highest BCUT2D eigenvalue weighted by molar-refractivity contribution is 5.94. The lowest BCUT2D eigenvalue weighted by Crippen LogP contribution is -2.28. The largest absolute Gasteiger partial charge is 0.310 e. The smallest absolute Gasteiger partial charge is 0.0713 e. The van der Waals surface area contributed by atoms with Gasteiger partial charge >= 0.3 is 0 Å². The Bertz CT molecular complexity index is 3120. The molecule has 0 saturated carbocycles. The van der Waals surface area contributed by atoms with E-state index in [1.54, 1.807) is 0 Å². The van der Waals surface area contributed by atoms with E-state index >= 15 is 0 Å². The van der Waals surface area contributed by atoms with E-state index in [0.717, 1.165) is 33.8 Å². The molecule has 0 atom stereocenters. The van der Waals surface area contributed by atoms with E-state index in [-0.39, 0.29) is 0 Å². The molecule has 0 spiro atoms. The Labute approximate surface area is 364 Å². The maximum atomic E-state index is 2.43. The molecule has 1 aliphatic carbocycles. The minimum Gasteiger partial charge on any atom is -0.310 e. The van der Waals surface area contributed by atoms with Gasteiger partial charge < -0.3 is 4.90 Å². The molecule has 0 heterocycles. The maximum Gasteiger partial charge on any atom is 0.0713 e. The van der Waals surface area contributed by atoms with Gasteiger partial charge in [0.25, 0.3) is 0 Å². The molecule has 0 aliphatic heterocycles. The van der Waals surface area contributed by atoms with Gasteiger partial charge in [0.05, 0.1) is 11.1 Å². The van der Waals surface area contributed by atoms with E-state index in [2.05, 4.69) is 266 Å². The molecular formula is C61H43N. The summed E-state index contributed by atoms with van der Waals surface area (Å²) in [5.41, 5.74) is 20.0. The van der Waals surface area contributed by atoms with E-state index in [0.29, 0.717) is 0 Å². The predicted octanol–water partition coefficient (Wildman–Crippen LogP) is 16.2. The molecule has 62 heavy (non-hydrogen) atoms. The van der Waals surface area contributed by atoms with Gasteiger partial charge in [0.1, 0.15) is 0 Å². The minimum absolute atomic E-state index is 0.439. The third-order valence-electron chi connectivity index (χ3n) is 12.5. The van der Waals surface area contributed by atoms with Crippen LogP contribution in [0.2, 0.25) is 0 Å². The number of hydrogen-bond donors (Lipinski definition) is 0. The summed E-state index contributed by atoms with van der Waals surface area (Å²) >= 11 is 0. The van der Waals surface area contributed by atoms with Crippen LogP contribution < -0.4 is 4.90 Å². The van der Waals surface area contributed by atoms with Crippen molar-refractivity contribution in [1.29, 1.82) is 0 Å². The van der Waals surface area contributed by atoms with Crippen LogP contribution in [0.1, 0.15) is 22.3 Å². The first-order chi connectivity index (χ1) is 30.8. The average molecular weight is 790 g/mol. The van der Waals surface area contributed by atoms with Gasteiger partial charge in [-0.25, -0.2) is 0 Å². The van der Waals surface area contributed by atoms with Crippen LogP contribution in [0.15, 0.2) is 261 Å². The molecule has 1 heteroatoms. The Hall–Kier alpha value is -8.00. The van der Waals surface area contributed by atoms with Crippen molar-refractivity contribution in [2.45, 2.75) is 5.41 Å². The van der Waals surface area contributed by atoms with Gasteiger partial charge in [0.2, 0.25) is 0 Å². The molecule has 0 bridgehead atoms. The number of para-hydroxylation sites is 1. The van der Waals surface area contributed by atoms with Crippen molar-refractivity contribution in [2.24, 2.45) is 0 Å². The molecule has 0 fully saturated rings. The van der Waals surface area contributed by atoms with Crippen LogP contribution in [0, 0.1) is 0 Å². The van der Waals surface area contributed by atoms with Crippen molar-refractivity contribution >= 4 is 17.1 Å². The quantitative estimate of drug-likeness (QED) is 0.141. The van der Waals surface area contributed by atoms with Gasteiger partial charge in [-0.05, 0) is 115 Å². The third-order valence-corrected chi connectivity index (χ3v) is 12.5. The molecular weight excluding hydrogens is 747 g/mol. The van der Waals surface area contributed by atoms with Gasteiger partial charge in [-0.3, -0.25) is 0 Å². The molecule has 292 valence electrons. The van der Waals surface area contributed by atoms with Gasteiger partial charge in [-0.2, -0.15) is 0 Å². The summed E-state index contributed by atoms with van der Waals surface area (Å²) in [6.07, 6.45) is 0. The molecule has 0 N–H and O–H groups in total. The molecule has 1 aliphatic rings. The minimum atomic E-state index is -0.439. The fraction of sp³-hybridized carbons (Fsp3) is 0.0164. The first-order valence-corrected chi connectivity index (χ1v) is 21.4. The van der Waals surface area contributed by atoms with E-state index in [4.69, 9.17) is 0 Å². The first-order valence-electron chi connectivity index (χ1n) is 21.4. The van der Waals surface area contributed by atoms with E-state index < -0.39 is 5.41 Å². The monoisotopic (exact) mass is 789 g/mol. The second-order valence-electron chi connectivity index (χ2n) is 16.1. The number of fused-ring (bicyclic) bond motifs is 3. The summed E-state index contributed by atoms with van der Waals surface area (Å²) in [6.45, 7) is 0. The molecule has 10 aromatic carbocycles. The van der Waals surface area contributed by atoms with Crippen LogP contribution in [0.4, 0.5) is 17.1 Å². The van der Waals surface area contributed by atoms with Crippen molar-refractivity contribution in [3.8, 4) is 55.6 Å². The van der Waals surface area contributed by atoms with Gasteiger partial charge in [-0.15, -0.1) is 0 Å². The summed E-state index contributed by atoms with van der Waals surface area (Å²) in [4.78, 5) is 2.43. The predicted molar refractivity (Wildman–Crippen MR) is 260 cm³/mol. The van der Waals surface area contributed by atoms with E-state index in [1.165, 1.54) is 61.2 Å². The van der Waals surface area contributed by atoms with E-state index in [9.17, 15) is 0 Å². The normalized spacial score (nSPS) is 12.3. The Morgan fingerprint density at radius 1 is 0.242 bits per heavy atom. The fourth-order valence-corrected chi connectivity index (χ4v) is 9.72. The molecule has 1 nitrogen and oxygen atoms in total. The van der Waals surface area contributed by atoms with Crippen LogP contribution in [0.25, 0.3) is 55.6 Å². The Kier molecular flexibility index (Phi) is 9.48. The lowest BCUT2D eigenvalue weighted by molar-refractivity contribution is 0.768. The fourth-order valence-electron chi connectivity index (χ4n) is 9.72. The molecule has 11 rings (SSSR count). The second kappa shape index (κ2) is 15.9. The van der Waals surface area contributed by atoms with Gasteiger partial charge in [0.15, 0.2) is 0 Å². The zero-order valence-corrected chi connectivity index (χ0v) is 34.3. The zero-order valence-electron chi connectivity index (χ0n) is 34.3. The SMILES string of the molecule is c1ccc(-c2cccc(-c3cccc(N(c4ccccc4)c4cc(-c5ccc6c(c5)-c5ccccc5C6(c5ccccc5)c5ccccc5)ccc4-c4ccccc4)c3)c2)cc1. The standard InChI is InChI=1S/C61H43N/c1-6-20-44(21-7-1)46-24-18-25-47(40-46)48-26-19-33-54(41-48)62(53-31-14-5-15-32-53)60-43-50(36-38-55(60)45-22-8-2-9-23-45)49-37-39-59-57(42-49)56-34-16-17-35-58(56)61(59,51-27-10-3-11-28-51)52-29-12-4-13-30-52/h1-43H. The summed E-state index contributed by atoms with van der Waals surface area (Å²) < 4.78 is 0. The van der Waals surface area contributed by atoms with Crippen LogP contribution >= 0.6 is 0 Å². The van der Waals surface area contributed by atoms with Crippen LogP contribution in [-0.2, 0) is 5.41 Å². The molecule has 0 radical (unpaired) electrons. The van der Waals surface area contributed by atoms with Crippen molar-refractivity contribution in [1.82, 2.24) is 0 Å². The number of rotatable bonds is 9. The van der Waals surface area contributed by atoms with Crippen LogP contribution in [0.3, 0.4) is 0 Å². The number of hydrogen-bond acceptors (Lipinski definition) is 1. The second-order valence-corrected chi connectivity index (χ2v) is 16.1. The lowest BCUT2D eigenvalue weighted by Gasteiger charge is -2.34. The Balaban J connectivity index is 1.09. The number of anilines is 3. The molecule has 0 amide bonds. The Morgan fingerprint density at radius 3 is 1.37 bits per heavy atom. The van der Waals surface area contributed by atoms with Gasteiger partial charge in [-0.1, -0.05) is 218 Å². The van der Waals surface area contributed by atoms with Crippen LogP contribution in [-0.4, -0.2) is 0 Å². The highest BCUT2D eigenvalue weighted by atomic mass is 15.1. The molecule has 0 saturated heterocycles. The highest BCUT2D eigenvalue weighted by Gasteiger charge is 2.46. The third kappa shape index (κ3) is 6.43. The average Bonchev–Trinajstić information content (AvgIpc) is 3.66. The van der Waals surface area contributed by atoms with Crippen LogP contribution in [0.5, 0.6) is 0 Å². The maximum absolute atomic E-state index is 2.43. The Morgan fingerprint density at radius 2 is 0.694 bits per heavy atom. The number of benzene rings is 10. The van der Waals surface area contributed by atoms with Crippen molar-refractivity contribution < 1.29 is 0 Å². The summed E-state index contributed by atoms with van der Waals surface area (Å²) in [6, 6.07) is 95.2. The summed E-state index contributed by atoms with van der Waals surface area (Å²) in [7, 11) is 0. The van der Waals surface area contributed by atoms with Crippen molar-refractivity contribution in [3.05, 3.63) is 283 Å². The van der Waals surface area contributed by atoms with Crippen molar-refractivity contribution in [2.75, 3.05) is 4.90 Å². The van der Waals surface area contributed by atoms with E-state index in [1.807, 2.05) is 0 Å². The highest BCUT2D eigenvalue weighted by Crippen LogP contribution is 2.57. The number of nitrogens with zero attached hydrogens (tertiary/aromatic N) is 1. The molecule has 0 unspecified atom stereocenters. The molecule has 0 aromatic heterocycles. The van der Waals surface area contributed by atoms with Gasteiger partial charge in [0, 0.05) is 16.9 Å². The lowest BCUT2D eigenvalue weighted by atomic mass is 9.67. The molecule has 10 aromatic rings. The topological polar surface area (TPSA) is 3.24 Å². The zero-order chi connectivity index (χ0) is 41.3. The summed E-state index contributed by atoms with van der Waals surface area (Å²) in [5.74, 6) is 0. The summed E-state index contributed by atoms with van der Waals surface area (Å²) in [5, 5.41) is 0.